The molecule has 1 heterocycles. The van der Waals surface area contributed by atoms with Crippen LogP contribution in [0.3, 0.4) is 0 Å². The lowest BCUT2D eigenvalue weighted by Gasteiger charge is -2.41. The van der Waals surface area contributed by atoms with E-state index in [0.717, 1.165) is 18.7 Å². The quantitative estimate of drug-likeness (QED) is 0.888. The first-order chi connectivity index (χ1) is 10.9. The maximum absolute atomic E-state index is 12.3. The standard InChI is InChI=1S/C18H28ClN3O/c1-18(2,22-11-7-4-8-12-22)14-20-17(23)21(3)13-15-9-5-6-10-16(15)19/h5-6,9-10H,4,7-8,11-14H2,1-3H3,(H,20,23). The van der Waals surface area contributed by atoms with Gasteiger partial charge >= 0.3 is 6.03 Å². The van der Waals surface area contributed by atoms with Crippen LogP contribution in [0.2, 0.25) is 5.02 Å². The molecule has 5 heteroatoms. The number of urea groups is 1. The summed E-state index contributed by atoms with van der Waals surface area (Å²) < 4.78 is 0. The second kappa shape index (κ2) is 8.02. The number of amides is 2. The van der Waals surface area contributed by atoms with Crippen molar-refractivity contribution in [1.29, 1.82) is 0 Å². The molecule has 0 saturated carbocycles. The molecule has 1 fully saturated rings. The van der Waals surface area contributed by atoms with Gasteiger partial charge in [-0.1, -0.05) is 36.2 Å². The molecule has 1 aromatic rings. The maximum Gasteiger partial charge on any atom is 0.317 e. The number of benzene rings is 1. The molecular formula is C18H28ClN3O. The topological polar surface area (TPSA) is 35.6 Å². The van der Waals surface area contributed by atoms with Gasteiger partial charge in [0.15, 0.2) is 0 Å². The molecule has 23 heavy (non-hydrogen) atoms. The Hall–Kier alpha value is -1.26. The third kappa shape index (κ3) is 5.11. The lowest BCUT2D eigenvalue weighted by Crippen LogP contribution is -2.54. The van der Waals surface area contributed by atoms with E-state index in [4.69, 9.17) is 11.6 Å². The van der Waals surface area contributed by atoms with Crippen LogP contribution >= 0.6 is 11.6 Å². The Morgan fingerprint density at radius 2 is 1.91 bits per heavy atom. The number of hydrogen-bond acceptors (Lipinski definition) is 2. The van der Waals surface area contributed by atoms with Gasteiger partial charge in [0.2, 0.25) is 0 Å². The minimum Gasteiger partial charge on any atom is -0.336 e. The molecule has 1 aromatic carbocycles. The predicted octanol–water partition coefficient (Wildman–Crippen LogP) is 3.75. The summed E-state index contributed by atoms with van der Waals surface area (Å²) >= 11 is 6.16. The van der Waals surface area contributed by atoms with Crippen molar-refractivity contribution in [1.82, 2.24) is 15.1 Å². The number of nitrogens with zero attached hydrogens (tertiary/aromatic N) is 2. The molecule has 0 aromatic heterocycles. The highest BCUT2D eigenvalue weighted by Gasteiger charge is 2.28. The van der Waals surface area contributed by atoms with Crippen LogP contribution in [0.4, 0.5) is 4.79 Å². The molecule has 0 aliphatic carbocycles. The monoisotopic (exact) mass is 337 g/mol. The number of piperidine rings is 1. The molecule has 0 radical (unpaired) electrons. The van der Waals surface area contributed by atoms with E-state index in [0.29, 0.717) is 18.1 Å². The number of carbonyl (C=O) groups is 1. The van der Waals surface area contributed by atoms with Gasteiger partial charge in [-0.05, 0) is 51.4 Å². The van der Waals surface area contributed by atoms with Crippen LogP contribution in [0.5, 0.6) is 0 Å². The van der Waals surface area contributed by atoms with Crippen LogP contribution in [0.25, 0.3) is 0 Å². The number of likely N-dealkylation sites (tertiary alicyclic amines) is 1. The van der Waals surface area contributed by atoms with Gasteiger partial charge in [0, 0.05) is 30.7 Å². The Bertz CT molecular complexity index is 527. The Balaban J connectivity index is 1.84. The van der Waals surface area contributed by atoms with Gasteiger partial charge in [0.1, 0.15) is 0 Å². The number of rotatable bonds is 5. The van der Waals surface area contributed by atoms with Gasteiger partial charge in [0.05, 0.1) is 0 Å². The van der Waals surface area contributed by atoms with E-state index in [1.807, 2.05) is 24.3 Å². The minimum absolute atomic E-state index is 0.0126. The molecular weight excluding hydrogens is 310 g/mol. The Kier molecular flexibility index (Phi) is 6.31. The summed E-state index contributed by atoms with van der Waals surface area (Å²) in [5.74, 6) is 0. The van der Waals surface area contributed by atoms with Crippen LogP contribution in [0, 0.1) is 0 Å². The highest BCUT2D eigenvalue weighted by molar-refractivity contribution is 6.31. The van der Waals surface area contributed by atoms with Gasteiger partial charge < -0.3 is 10.2 Å². The van der Waals surface area contributed by atoms with Gasteiger partial charge in [-0.2, -0.15) is 0 Å². The first-order valence-electron chi connectivity index (χ1n) is 8.37. The molecule has 1 saturated heterocycles. The number of halogens is 1. The molecule has 1 aliphatic rings. The average molecular weight is 338 g/mol. The lowest BCUT2D eigenvalue weighted by atomic mass is 9.98. The van der Waals surface area contributed by atoms with Gasteiger partial charge in [-0.15, -0.1) is 0 Å². The lowest BCUT2D eigenvalue weighted by molar-refractivity contribution is 0.0943. The summed E-state index contributed by atoms with van der Waals surface area (Å²) in [5, 5.41) is 3.76. The van der Waals surface area contributed by atoms with E-state index < -0.39 is 0 Å². The second-order valence-corrected chi connectivity index (χ2v) is 7.37. The summed E-state index contributed by atoms with van der Waals surface area (Å²) in [7, 11) is 1.80. The van der Waals surface area contributed by atoms with Crippen molar-refractivity contribution in [3.05, 3.63) is 34.9 Å². The molecule has 4 nitrogen and oxygen atoms in total. The zero-order chi connectivity index (χ0) is 16.9. The van der Waals surface area contributed by atoms with E-state index in [1.165, 1.54) is 19.3 Å². The number of nitrogens with one attached hydrogen (secondary N) is 1. The van der Waals surface area contributed by atoms with Gasteiger partial charge in [-0.3, -0.25) is 4.90 Å². The Morgan fingerprint density at radius 3 is 2.57 bits per heavy atom. The van der Waals surface area contributed by atoms with Crippen LogP contribution in [0.15, 0.2) is 24.3 Å². The Morgan fingerprint density at radius 1 is 1.26 bits per heavy atom. The molecule has 0 spiro atoms. The van der Waals surface area contributed by atoms with Crippen LogP contribution in [0.1, 0.15) is 38.7 Å². The molecule has 0 bridgehead atoms. The molecule has 2 amide bonds. The molecule has 0 unspecified atom stereocenters. The van der Waals surface area contributed by atoms with E-state index in [2.05, 4.69) is 24.1 Å². The highest BCUT2D eigenvalue weighted by atomic mass is 35.5. The van der Waals surface area contributed by atoms with E-state index in [-0.39, 0.29) is 11.6 Å². The van der Waals surface area contributed by atoms with Crippen molar-refractivity contribution >= 4 is 17.6 Å². The van der Waals surface area contributed by atoms with Crippen molar-refractivity contribution in [3.8, 4) is 0 Å². The normalized spacial score (nSPS) is 16.2. The minimum atomic E-state index is -0.0602. The summed E-state index contributed by atoms with van der Waals surface area (Å²) in [4.78, 5) is 16.5. The highest BCUT2D eigenvalue weighted by Crippen LogP contribution is 2.20. The molecule has 1 N–H and O–H groups in total. The van der Waals surface area contributed by atoms with E-state index in [1.54, 1.807) is 11.9 Å². The zero-order valence-corrected chi connectivity index (χ0v) is 15.2. The Labute approximate surface area is 144 Å². The van der Waals surface area contributed by atoms with Crippen molar-refractivity contribution in [2.75, 3.05) is 26.7 Å². The predicted molar refractivity (Wildman–Crippen MR) is 95.8 cm³/mol. The molecule has 128 valence electrons. The van der Waals surface area contributed by atoms with Crippen LogP contribution < -0.4 is 5.32 Å². The fourth-order valence-electron chi connectivity index (χ4n) is 2.99. The molecule has 1 aliphatic heterocycles. The van der Waals surface area contributed by atoms with Gasteiger partial charge in [0.25, 0.3) is 0 Å². The van der Waals surface area contributed by atoms with Gasteiger partial charge in [-0.25, -0.2) is 4.79 Å². The summed E-state index contributed by atoms with van der Waals surface area (Å²) in [5.41, 5.74) is 0.948. The SMILES string of the molecule is CN(Cc1ccccc1Cl)C(=O)NCC(C)(C)N1CCCCC1. The number of hydrogen-bond donors (Lipinski definition) is 1. The fraction of sp³-hybridized carbons (Fsp3) is 0.611. The second-order valence-electron chi connectivity index (χ2n) is 6.97. The third-order valence-corrected chi connectivity index (χ3v) is 4.97. The third-order valence-electron chi connectivity index (χ3n) is 4.60. The van der Waals surface area contributed by atoms with Crippen molar-refractivity contribution < 1.29 is 4.79 Å². The van der Waals surface area contributed by atoms with E-state index >= 15 is 0 Å². The average Bonchev–Trinajstić information content (AvgIpc) is 2.55. The summed E-state index contributed by atoms with van der Waals surface area (Å²) in [6.07, 6.45) is 3.83. The largest absolute Gasteiger partial charge is 0.336 e. The van der Waals surface area contributed by atoms with E-state index in [9.17, 15) is 4.79 Å². The van der Waals surface area contributed by atoms with Crippen molar-refractivity contribution in [2.45, 2.75) is 45.2 Å². The maximum atomic E-state index is 12.3. The van der Waals surface area contributed by atoms with Crippen LogP contribution in [-0.4, -0.2) is 48.1 Å². The molecule has 0 atom stereocenters. The van der Waals surface area contributed by atoms with Crippen molar-refractivity contribution in [2.24, 2.45) is 0 Å². The first kappa shape index (κ1) is 18.1. The summed E-state index contributed by atoms with van der Waals surface area (Å²) in [6, 6.07) is 7.57. The van der Waals surface area contributed by atoms with Crippen molar-refractivity contribution in [3.63, 3.8) is 0 Å². The smallest absolute Gasteiger partial charge is 0.317 e. The first-order valence-corrected chi connectivity index (χ1v) is 8.75. The van der Waals surface area contributed by atoms with Crippen LogP contribution in [-0.2, 0) is 6.54 Å². The fourth-order valence-corrected chi connectivity index (χ4v) is 3.19. The molecule has 2 rings (SSSR count). The zero-order valence-electron chi connectivity index (χ0n) is 14.4. The summed E-state index contributed by atoms with van der Waals surface area (Å²) in [6.45, 7) is 7.81. The number of carbonyl (C=O) groups excluding carboxylic acids is 1.